The van der Waals surface area contributed by atoms with Crippen LogP contribution in [-0.4, -0.2) is 24.1 Å². The summed E-state index contributed by atoms with van der Waals surface area (Å²) in [7, 11) is 0. The Hall–Kier alpha value is -1.09. The second-order valence-electron chi connectivity index (χ2n) is 4.58. The van der Waals surface area contributed by atoms with E-state index in [1.54, 1.807) is 0 Å². The van der Waals surface area contributed by atoms with Gasteiger partial charge in [-0.15, -0.1) is 0 Å². The first-order valence-electron chi connectivity index (χ1n) is 6.21. The molecule has 1 aliphatic heterocycles. The number of anilines is 1. The predicted molar refractivity (Wildman–Crippen MR) is 67.6 cm³/mol. The van der Waals surface area contributed by atoms with Crippen molar-refractivity contribution in [2.45, 2.75) is 38.6 Å². The van der Waals surface area contributed by atoms with E-state index >= 15 is 0 Å². The van der Waals surface area contributed by atoms with Crippen LogP contribution in [0.3, 0.4) is 0 Å². The van der Waals surface area contributed by atoms with Gasteiger partial charge in [-0.2, -0.15) is 0 Å². The average Bonchev–Trinajstić information content (AvgIpc) is 2.54. The molecule has 0 radical (unpaired) electrons. The van der Waals surface area contributed by atoms with Crippen molar-refractivity contribution in [3.63, 3.8) is 0 Å². The number of hydrogen-bond donors (Lipinski definition) is 1. The van der Waals surface area contributed by atoms with Crippen LogP contribution in [0.5, 0.6) is 0 Å². The molecule has 3 nitrogen and oxygen atoms in total. The zero-order valence-corrected chi connectivity index (χ0v) is 10.0. The van der Waals surface area contributed by atoms with Crippen LogP contribution in [0.15, 0.2) is 18.3 Å². The maximum atomic E-state index is 5.88. The van der Waals surface area contributed by atoms with Crippen molar-refractivity contribution in [2.75, 3.05) is 18.0 Å². The van der Waals surface area contributed by atoms with Gasteiger partial charge in [-0.05, 0) is 31.4 Å². The van der Waals surface area contributed by atoms with Crippen LogP contribution in [0.1, 0.15) is 31.2 Å². The Kier molecular flexibility index (Phi) is 3.78. The Bertz CT molecular complexity index is 338. The van der Waals surface area contributed by atoms with E-state index in [9.17, 15) is 0 Å². The number of aryl methyl sites for hydroxylation is 1. The summed E-state index contributed by atoms with van der Waals surface area (Å²) in [6.45, 7) is 3.95. The molecule has 0 spiro atoms. The summed E-state index contributed by atoms with van der Waals surface area (Å²) in [6.07, 6.45) is 6.95. The Balaban J connectivity index is 2.25. The molecule has 1 aromatic heterocycles. The van der Waals surface area contributed by atoms with Crippen molar-refractivity contribution in [3.05, 3.63) is 23.9 Å². The zero-order chi connectivity index (χ0) is 11.4. The van der Waals surface area contributed by atoms with Gasteiger partial charge in [-0.25, -0.2) is 4.98 Å². The van der Waals surface area contributed by atoms with E-state index in [4.69, 9.17) is 5.73 Å². The van der Waals surface area contributed by atoms with E-state index < -0.39 is 0 Å². The van der Waals surface area contributed by atoms with Gasteiger partial charge in [0.1, 0.15) is 5.82 Å². The number of aromatic nitrogens is 1. The third kappa shape index (κ3) is 2.35. The van der Waals surface area contributed by atoms with Crippen LogP contribution in [0.2, 0.25) is 0 Å². The highest BCUT2D eigenvalue weighted by atomic mass is 15.2. The summed E-state index contributed by atoms with van der Waals surface area (Å²) in [5.74, 6) is 1.12. The van der Waals surface area contributed by atoms with Gasteiger partial charge >= 0.3 is 0 Å². The minimum Gasteiger partial charge on any atom is -0.352 e. The number of nitrogens with zero attached hydrogens (tertiary/aromatic N) is 2. The highest BCUT2D eigenvalue weighted by Gasteiger charge is 2.21. The lowest BCUT2D eigenvalue weighted by Crippen LogP contribution is -2.41. The van der Waals surface area contributed by atoms with Crippen molar-refractivity contribution in [2.24, 2.45) is 5.73 Å². The summed E-state index contributed by atoms with van der Waals surface area (Å²) in [5.41, 5.74) is 7.13. The Morgan fingerprint density at radius 3 is 3.06 bits per heavy atom. The molecule has 2 N–H and O–H groups in total. The summed E-state index contributed by atoms with van der Waals surface area (Å²) < 4.78 is 0. The normalized spacial score (nSPS) is 21.9. The second-order valence-corrected chi connectivity index (χ2v) is 4.58. The first kappa shape index (κ1) is 11.4. The lowest BCUT2D eigenvalue weighted by molar-refractivity contribution is 0.575. The number of rotatable bonds is 2. The monoisotopic (exact) mass is 219 g/mol. The molecule has 0 bridgehead atoms. The molecule has 1 aliphatic rings. The molecule has 88 valence electrons. The maximum Gasteiger partial charge on any atom is 0.131 e. The zero-order valence-electron chi connectivity index (χ0n) is 10.0. The number of nitrogens with two attached hydrogens (primary N) is 1. The molecule has 1 atom stereocenters. The van der Waals surface area contributed by atoms with Crippen molar-refractivity contribution in [3.8, 4) is 0 Å². The van der Waals surface area contributed by atoms with Gasteiger partial charge in [-0.3, -0.25) is 0 Å². The van der Waals surface area contributed by atoms with Crippen LogP contribution in [0.4, 0.5) is 5.82 Å². The van der Waals surface area contributed by atoms with Gasteiger partial charge in [0, 0.05) is 25.3 Å². The summed E-state index contributed by atoms with van der Waals surface area (Å²) in [4.78, 5) is 6.92. The fourth-order valence-corrected chi connectivity index (χ4v) is 2.48. The highest BCUT2D eigenvalue weighted by molar-refractivity contribution is 5.47. The van der Waals surface area contributed by atoms with Crippen LogP contribution in [-0.2, 0) is 0 Å². The summed E-state index contributed by atoms with van der Waals surface area (Å²) >= 11 is 0. The molecule has 1 saturated heterocycles. The fourth-order valence-electron chi connectivity index (χ4n) is 2.48. The van der Waals surface area contributed by atoms with Gasteiger partial charge in [0.25, 0.3) is 0 Å². The Morgan fingerprint density at radius 1 is 1.44 bits per heavy atom. The largest absolute Gasteiger partial charge is 0.352 e. The maximum absolute atomic E-state index is 5.88. The van der Waals surface area contributed by atoms with Crippen molar-refractivity contribution in [1.82, 2.24) is 4.98 Å². The van der Waals surface area contributed by atoms with Crippen molar-refractivity contribution in [1.29, 1.82) is 0 Å². The predicted octanol–water partition coefficient (Wildman–Crippen LogP) is 2.10. The first-order valence-corrected chi connectivity index (χ1v) is 6.21. The van der Waals surface area contributed by atoms with Crippen LogP contribution >= 0.6 is 0 Å². The van der Waals surface area contributed by atoms with E-state index in [0.717, 1.165) is 18.9 Å². The molecule has 1 unspecified atom stereocenters. The third-order valence-electron chi connectivity index (χ3n) is 3.40. The molecular weight excluding hydrogens is 198 g/mol. The molecular formula is C13H21N3. The quantitative estimate of drug-likeness (QED) is 0.828. The smallest absolute Gasteiger partial charge is 0.131 e. The van der Waals surface area contributed by atoms with Gasteiger partial charge in [-0.1, -0.05) is 18.9 Å². The van der Waals surface area contributed by atoms with E-state index in [-0.39, 0.29) is 0 Å². The molecule has 16 heavy (non-hydrogen) atoms. The molecule has 3 heteroatoms. The number of pyridine rings is 1. The molecule has 1 aromatic rings. The first-order chi connectivity index (χ1) is 7.83. The van der Waals surface area contributed by atoms with Crippen LogP contribution < -0.4 is 10.6 Å². The van der Waals surface area contributed by atoms with Gasteiger partial charge in [0.2, 0.25) is 0 Å². The molecule has 0 aromatic carbocycles. The topological polar surface area (TPSA) is 42.2 Å². The molecule has 2 rings (SSSR count). The lowest BCUT2D eigenvalue weighted by Gasteiger charge is -2.31. The van der Waals surface area contributed by atoms with Gasteiger partial charge < -0.3 is 10.6 Å². The minimum absolute atomic E-state index is 0.469. The highest BCUT2D eigenvalue weighted by Crippen LogP contribution is 2.24. The number of hydrogen-bond acceptors (Lipinski definition) is 3. The van der Waals surface area contributed by atoms with E-state index in [1.807, 2.05) is 12.3 Å². The van der Waals surface area contributed by atoms with Crippen LogP contribution in [0.25, 0.3) is 0 Å². The molecule has 0 saturated carbocycles. The fraction of sp³-hybridized carbons (Fsp3) is 0.615. The van der Waals surface area contributed by atoms with E-state index in [1.165, 1.54) is 31.2 Å². The molecule has 1 fully saturated rings. The SMILES string of the molecule is Cc1cccnc1N1CCCCCC1CN. The molecule has 0 aliphatic carbocycles. The Morgan fingerprint density at radius 2 is 2.31 bits per heavy atom. The van der Waals surface area contributed by atoms with Crippen LogP contribution in [0, 0.1) is 6.92 Å². The standard InChI is InChI=1S/C13H21N3/c1-11-6-5-8-15-13(11)16-9-4-2-3-7-12(16)10-14/h5-6,8,12H,2-4,7,9-10,14H2,1H3. The van der Waals surface area contributed by atoms with E-state index in [0.29, 0.717) is 6.04 Å². The average molecular weight is 219 g/mol. The molecule has 0 amide bonds. The second kappa shape index (κ2) is 5.30. The van der Waals surface area contributed by atoms with Crippen molar-refractivity contribution >= 4 is 5.82 Å². The van der Waals surface area contributed by atoms with Crippen molar-refractivity contribution < 1.29 is 0 Å². The van der Waals surface area contributed by atoms with E-state index in [2.05, 4.69) is 22.9 Å². The van der Waals surface area contributed by atoms with Gasteiger partial charge in [0.15, 0.2) is 0 Å². The minimum atomic E-state index is 0.469. The van der Waals surface area contributed by atoms with Gasteiger partial charge in [0.05, 0.1) is 0 Å². The lowest BCUT2D eigenvalue weighted by atomic mass is 10.1. The molecule has 2 heterocycles. The Labute approximate surface area is 97.7 Å². The summed E-state index contributed by atoms with van der Waals surface area (Å²) in [6, 6.07) is 4.59. The summed E-state index contributed by atoms with van der Waals surface area (Å²) in [5, 5.41) is 0. The third-order valence-corrected chi connectivity index (χ3v) is 3.40.